The van der Waals surface area contributed by atoms with Gasteiger partial charge in [-0.1, -0.05) is 0 Å². The maximum atomic E-state index is 11.1. The third-order valence-corrected chi connectivity index (χ3v) is 2.31. The maximum absolute atomic E-state index is 11.1. The van der Waals surface area contributed by atoms with Gasteiger partial charge in [0.05, 0.1) is 9.73 Å². The lowest BCUT2D eigenvalue weighted by atomic mass is 10.3. The van der Waals surface area contributed by atoms with E-state index in [4.69, 9.17) is 4.78 Å². The van der Waals surface area contributed by atoms with Gasteiger partial charge in [0, 0.05) is 12.5 Å². The molecule has 0 aliphatic carbocycles. The average Bonchev–Trinajstić information content (AvgIpc) is 1.86. The normalized spacial score (nSPS) is 15.8. The average molecular weight is 170 g/mol. The minimum atomic E-state index is -2.64. The van der Waals surface area contributed by atoms with E-state index >= 15 is 0 Å². The van der Waals surface area contributed by atoms with E-state index in [9.17, 15) is 4.21 Å². The molecule has 0 saturated heterocycles. The van der Waals surface area contributed by atoms with Crippen molar-refractivity contribution in [3.63, 3.8) is 0 Å². The first kappa shape index (κ1) is 8.20. The molecule has 0 bridgehead atoms. The van der Waals surface area contributed by atoms with Crippen molar-refractivity contribution in [3.05, 3.63) is 23.9 Å². The number of hydrogen-bond donors (Lipinski definition) is 1. The van der Waals surface area contributed by atoms with Crippen molar-refractivity contribution in [2.75, 3.05) is 6.26 Å². The topological polar surface area (TPSA) is 53.8 Å². The molecular formula is C7H10N2OS. The molecule has 1 aromatic rings. The highest BCUT2D eigenvalue weighted by atomic mass is 32.2. The minimum absolute atomic E-state index is 0.359. The lowest BCUT2D eigenvalue weighted by Gasteiger charge is -1.99. The van der Waals surface area contributed by atoms with Crippen LogP contribution in [0.1, 0.15) is 5.56 Å². The minimum Gasteiger partial charge on any atom is -0.248 e. The second-order valence-corrected chi connectivity index (χ2v) is 4.62. The van der Waals surface area contributed by atoms with E-state index in [2.05, 4.69) is 4.98 Å². The van der Waals surface area contributed by atoms with Crippen LogP contribution >= 0.6 is 0 Å². The Morgan fingerprint density at radius 3 is 2.64 bits per heavy atom. The highest BCUT2D eigenvalue weighted by Crippen LogP contribution is 2.06. The van der Waals surface area contributed by atoms with Gasteiger partial charge >= 0.3 is 0 Å². The summed E-state index contributed by atoms with van der Waals surface area (Å²) in [5.74, 6) is 0. The van der Waals surface area contributed by atoms with Crippen LogP contribution in [0.2, 0.25) is 0 Å². The molecule has 60 valence electrons. The maximum Gasteiger partial charge on any atom is 0.135 e. The van der Waals surface area contributed by atoms with Gasteiger partial charge in [-0.2, -0.15) is 0 Å². The van der Waals surface area contributed by atoms with Crippen LogP contribution in [0.4, 0.5) is 0 Å². The Morgan fingerprint density at radius 1 is 1.64 bits per heavy atom. The standard InChI is InChI=1S/C7H10N2OS/c1-6-3-4-9-7(5-6)11(2,8)10/h3-5,8H,1-2H3. The zero-order valence-electron chi connectivity index (χ0n) is 6.50. The lowest BCUT2D eigenvalue weighted by molar-refractivity contribution is 0.675. The number of aromatic nitrogens is 1. The van der Waals surface area contributed by atoms with Gasteiger partial charge in [-0.25, -0.2) is 14.0 Å². The molecule has 4 heteroatoms. The summed E-state index contributed by atoms with van der Waals surface area (Å²) in [4.78, 5) is 3.85. The van der Waals surface area contributed by atoms with Crippen LogP contribution in [0, 0.1) is 11.7 Å². The molecule has 0 aromatic carbocycles. The molecule has 1 N–H and O–H groups in total. The number of nitrogens with one attached hydrogen (secondary N) is 1. The summed E-state index contributed by atoms with van der Waals surface area (Å²) in [7, 11) is -2.64. The number of aryl methyl sites for hydroxylation is 1. The summed E-state index contributed by atoms with van der Waals surface area (Å²) in [6.07, 6.45) is 2.94. The second-order valence-electron chi connectivity index (χ2n) is 2.52. The summed E-state index contributed by atoms with van der Waals surface area (Å²) in [6, 6.07) is 3.49. The van der Waals surface area contributed by atoms with Gasteiger partial charge in [-0.15, -0.1) is 0 Å². The fourth-order valence-corrected chi connectivity index (χ4v) is 1.39. The van der Waals surface area contributed by atoms with E-state index in [1.165, 1.54) is 6.26 Å². The van der Waals surface area contributed by atoms with E-state index in [0.29, 0.717) is 5.03 Å². The highest BCUT2D eigenvalue weighted by molar-refractivity contribution is 7.91. The Bertz CT molecular complexity index is 356. The predicted octanol–water partition coefficient (Wildman–Crippen LogP) is 1.43. The third-order valence-electron chi connectivity index (χ3n) is 1.29. The van der Waals surface area contributed by atoms with Gasteiger partial charge in [0.1, 0.15) is 5.03 Å². The zero-order chi connectivity index (χ0) is 8.48. The summed E-state index contributed by atoms with van der Waals surface area (Å²) in [5.41, 5.74) is 0.983. The van der Waals surface area contributed by atoms with Crippen LogP contribution in [-0.2, 0) is 9.73 Å². The van der Waals surface area contributed by atoms with Crippen LogP contribution in [0.15, 0.2) is 23.4 Å². The fraction of sp³-hybridized carbons (Fsp3) is 0.286. The van der Waals surface area contributed by atoms with Crippen molar-refractivity contribution in [2.24, 2.45) is 0 Å². The van der Waals surface area contributed by atoms with Crippen LogP contribution in [0.3, 0.4) is 0 Å². The summed E-state index contributed by atoms with van der Waals surface area (Å²) >= 11 is 0. The van der Waals surface area contributed by atoms with Crippen molar-refractivity contribution < 1.29 is 4.21 Å². The van der Waals surface area contributed by atoms with E-state index < -0.39 is 9.73 Å². The van der Waals surface area contributed by atoms with E-state index in [1.807, 2.05) is 13.0 Å². The van der Waals surface area contributed by atoms with Gasteiger partial charge in [0.2, 0.25) is 0 Å². The zero-order valence-corrected chi connectivity index (χ0v) is 7.31. The van der Waals surface area contributed by atoms with Crippen molar-refractivity contribution in [1.29, 1.82) is 4.78 Å². The molecule has 0 spiro atoms. The van der Waals surface area contributed by atoms with Crippen LogP contribution in [0.25, 0.3) is 0 Å². The Labute approximate surface area is 66.4 Å². The van der Waals surface area contributed by atoms with Gasteiger partial charge < -0.3 is 0 Å². The first-order valence-electron chi connectivity index (χ1n) is 3.16. The van der Waals surface area contributed by atoms with Crippen molar-refractivity contribution in [2.45, 2.75) is 11.9 Å². The lowest BCUT2D eigenvalue weighted by Crippen LogP contribution is -1.97. The highest BCUT2D eigenvalue weighted by Gasteiger charge is 2.02. The molecule has 1 aromatic heterocycles. The molecule has 1 heterocycles. The molecular weight excluding hydrogens is 160 g/mol. The van der Waals surface area contributed by atoms with Crippen LogP contribution in [-0.4, -0.2) is 15.4 Å². The number of rotatable bonds is 1. The molecule has 0 fully saturated rings. The first-order chi connectivity index (χ1) is 5.00. The third kappa shape index (κ3) is 2.01. The predicted molar refractivity (Wildman–Crippen MR) is 44.0 cm³/mol. The van der Waals surface area contributed by atoms with Crippen molar-refractivity contribution >= 4 is 9.73 Å². The SMILES string of the molecule is Cc1ccnc(S(C)(=N)=O)c1. The second kappa shape index (κ2) is 2.62. The summed E-state index contributed by atoms with van der Waals surface area (Å²) in [6.45, 7) is 1.89. The molecule has 1 atom stereocenters. The molecule has 0 saturated carbocycles. The smallest absolute Gasteiger partial charge is 0.135 e. The fourth-order valence-electron chi connectivity index (χ4n) is 0.721. The van der Waals surface area contributed by atoms with E-state index in [1.54, 1.807) is 12.3 Å². The Morgan fingerprint density at radius 2 is 2.27 bits per heavy atom. The molecule has 0 aliphatic rings. The first-order valence-corrected chi connectivity index (χ1v) is 5.13. The Kier molecular flexibility index (Phi) is 1.95. The van der Waals surface area contributed by atoms with E-state index in [-0.39, 0.29) is 0 Å². The molecule has 1 rings (SSSR count). The Hall–Kier alpha value is -0.900. The quantitative estimate of drug-likeness (QED) is 0.693. The van der Waals surface area contributed by atoms with Gasteiger partial charge in [0.25, 0.3) is 0 Å². The molecule has 0 amide bonds. The number of hydrogen-bond acceptors (Lipinski definition) is 3. The summed E-state index contributed by atoms with van der Waals surface area (Å²) in [5, 5.41) is 0.359. The molecule has 1 unspecified atom stereocenters. The van der Waals surface area contributed by atoms with Crippen molar-refractivity contribution in [1.82, 2.24) is 4.98 Å². The van der Waals surface area contributed by atoms with Crippen LogP contribution in [0.5, 0.6) is 0 Å². The van der Waals surface area contributed by atoms with Gasteiger partial charge in [0.15, 0.2) is 0 Å². The molecule has 11 heavy (non-hydrogen) atoms. The van der Waals surface area contributed by atoms with E-state index in [0.717, 1.165) is 5.56 Å². The number of pyridine rings is 1. The Balaban J connectivity index is 3.28. The monoisotopic (exact) mass is 170 g/mol. The number of nitrogens with zero attached hydrogens (tertiary/aromatic N) is 1. The summed E-state index contributed by atoms with van der Waals surface area (Å²) < 4.78 is 18.4. The largest absolute Gasteiger partial charge is 0.248 e. The van der Waals surface area contributed by atoms with Gasteiger partial charge in [-0.05, 0) is 24.6 Å². The molecule has 3 nitrogen and oxygen atoms in total. The van der Waals surface area contributed by atoms with Crippen LogP contribution < -0.4 is 0 Å². The molecule has 0 radical (unpaired) electrons. The van der Waals surface area contributed by atoms with Gasteiger partial charge in [-0.3, -0.25) is 0 Å². The molecule has 0 aliphatic heterocycles. The van der Waals surface area contributed by atoms with Crippen molar-refractivity contribution in [3.8, 4) is 0 Å².